The Hall–Kier alpha value is -2.36. The summed E-state index contributed by atoms with van der Waals surface area (Å²) in [5, 5.41) is 13.0. The second-order valence-corrected chi connectivity index (χ2v) is 5.68. The molecule has 1 heterocycles. The van der Waals surface area contributed by atoms with E-state index < -0.39 is 11.6 Å². The van der Waals surface area contributed by atoms with E-state index in [0.717, 1.165) is 10.8 Å². The van der Waals surface area contributed by atoms with E-state index in [1.165, 1.54) is 0 Å². The molecule has 1 atom stereocenters. The zero-order valence-electron chi connectivity index (χ0n) is 11.4. The van der Waals surface area contributed by atoms with Crippen LogP contribution in [0.2, 0.25) is 5.02 Å². The van der Waals surface area contributed by atoms with Gasteiger partial charge in [-0.2, -0.15) is 0 Å². The number of rotatable bonds is 1. The molecule has 0 saturated carbocycles. The normalized spacial score (nSPS) is 20.0. The monoisotopic (exact) mass is 310 g/mol. The third kappa shape index (κ3) is 1.76. The summed E-state index contributed by atoms with van der Waals surface area (Å²) < 4.78 is 5.60. The van der Waals surface area contributed by atoms with Crippen molar-refractivity contribution in [3.05, 3.63) is 76.8 Å². The highest BCUT2D eigenvalue weighted by Crippen LogP contribution is 2.43. The molecule has 0 aromatic heterocycles. The van der Waals surface area contributed by atoms with Crippen molar-refractivity contribution in [1.29, 1.82) is 0 Å². The summed E-state index contributed by atoms with van der Waals surface area (Å²) in [7, 11) is 0. The van der Waals surface area contributed by atoms with Crippen LogP contribution in [0.5, 0.6) is 5.75 Å². The number of hydrogen-bond acceptors (Lipinski definition) is 3. The number of carbonyl (C=O) groups is 1. The lowest BCUT2D eigenvalue weighted by molar-refractivity contribution is -0.0959. The summed E-state index contributed by atoms with van der Waals surface area (Å²) in [6.07, 6.45) is 0. The minimum absolute atomic E-state index is 0.363. The summed E-state index contributed by atoms with van der Waals surface area (Å²) in [5.41, 5.74) is 0.776. The highest BCUT2D eigenvalue weighted by Gasteiger charge is 2.48. The first-order valence-corrected chi connectivity index (χ1v) is 7.21. The second kappa shape index (κ2) is 4.57. The average Bonchev–Trinajstić information content (AvgIpc) is 2.81. The standard InChI is InChI=1S/C18H11ClO3/c19-13-8-6-12(7-9-13)18(21)17(20)16-14-4-2-1-3-11(14)5-10-15(16)22-18/h1-10,21H. The zero-order chi connectivity index (χ0) is 15.3. The van der Waals surface area contributed by atoms with Crippen molar-refractivity contribution in [2.75, 3.05) is 0 Å². The van der Waals surface area contributed by atoms with E-state index in [1.807, 2.05) is 30.3 Å². The Bertz CT molecular complexity index is 902. The van der Waals surface area contributed by atoms with Gasteiger partial charge in [0.2, 0.25) is 5.78 Å². The SMILES string of the molecule is O=C1c2c(ccc3ccccc23)OC1(O)c1ccc(Cl)cc1. The Kier molecular flexibility index (Phi) is 2.76. The van der Waals surface area contributed by atoms with Crippen LogP contribution in [0.4, 0.5) is 0 Å². The molecule has 0 bridgehead atoms. The fourth-order valence-electron chi connectivity index (χ4n) is 2.81. The molecule has 0 fully saturated rings. The van der Waals surface area contributed by atoms with E-state index in [4.69, 9.17) is 16.3 Å². The van der Waals surface area contributed by atoms with Gasteiger partial charge in [-0.1, -0.05) is 54.1 Å². The van der Waals surface area contributed by atoms with Crippen LogP contribution in [-0.4, -0.2) is 10.9 Å². The summed E-state index contributed by atoms with van der Waals surface area (Å²) in [6, 6.07) is 17.5. The number of aliphatic hydroxyl groups is 1. The fraction of sp³-hybridized carbons (Fsp3) is 0.0556. The van der Waals surface area contributed by atoms with Crippen molar-refractivity contribution in [3.63, 3.8) is 0 Å². The molecule has 1 aliphatic heterocycles. The predicted molar refractivity (Wildman–Crippen MR) is 84.3 cm³/mol. The Morgan fingerprint density at radius 3 is 2.45 bits per heavy atom. The molecule has 22 heavy (non-hydrogen) atoms. The maximum absolute atomic E-state index is 12.8. The van der Waals surface area contributed by atoms with Crippen LogP contribution < -0.4 is 4.74 Å². The second-order valence-electron chi connectivity index (χ2n) is 5.24. The first kappa shape index (κ1) is 13.3. The molecule has 3 aromatic rings. The minimum atomic E-state index is -2.00. The number of fused-ring (bicyclic) bond motifs is 3. The zero-order valence-corrected chi connectivity index (χ0v) is 12.2. The van der Waals surface area contributed by atoms with Crippen LogP contribution >= 0.6 is 11.6 Å². The molecule has 0 spiro atoms. The number of ether oxygens (including phenoxy) is 1. The lowest BCUT2D eigenvalue weighted by Gasteiger charge is -2.20. The van der Waals surface area contributed by atoms with Gasteiger partial charge in [-0.05, 0) is 29.0 Å². The molecule has 3 nitrogen and oxygen atoms in total. The largest absolute Gasteiger partial charge is 0.450 e. The lowest BCUT2D eigenvalue weighted by atomic mass is 9.95. The van der Waals surface area contributed by atoms with Crippen LogP contribution in [0.15, 0.2) is 60.7 Å². The molecular weight excluding hydrogens is 300 g/mol. The van der Waals surface area contributed by atoms with E-state index in [0.29, 0.717) is 21.9 Å². The molecule has 1 unspecified atom stereocenters. The molecule has 4 rings (SSSR count). The highest BCUT2D eigenvalue weighted by atomic mass is 35.5. The summed E-state index contributed by atoms with van der Waals surface area (Å²) in [5.74, 6) is -2.07. The molecular formula is C18H11ClO3. The molecule has 4 heteroatoms. The van der Waals surface area contributed by atoms with E-state index >= 15 is 0 Å². The van der Waals surface area contributed by atoms with Gasteiger partial charge in [-0.15, -0.1) is 0 Å². The van der Waals surface area contributed by atoms with Crippen LogP contribution in [-0.2, 0) is 5.79 Å². The van der Waals surface area contributed by atoms with Gasteiger partial charge in [-0.25, -0.2) is 0 Å². The molecule has 0 saturated heterocycles. The molecule has 108 valence electrons. The van der Waals surface area contributed by atoms with Gasteiger partial charge >= 0.3 is 0 Å². The van der Waals surface area contributed by atoms with Crippen molar-refractivity contribution in [2.24, 2.45) is 0 Å². The Morgan fingerprint density at radius 1 is 0.955 bits per heavy atom. The van der Waals surface area contributed by atoms with Crippen LogP contribution in [0.1, 0.15) is 15.9 Å². The number of carbonyl (C=O) groups excluding carboxylic acids is 1. The van der Waals surface area contributed by atoms with Gasteiger partial charge in [-0.3, -0.25) is 4.79 Å². The third-order valence-electron chi connectivity index (χ3n) is 3.92. The number of Topliss-reactive ketones (excluding diaryl/α,β-unsaturated/α-hetero) is 1. The minimum Gasteiger partial charge on any atom is -0.450 e. The quantitative estimate of drug-likeness (QED) is 0.741. The summed E-state index contributed by atoms with van der Waals surface area (Å²) >= 11 is 5.86. The van der Waals surface area contributed by atoms with Crippen LogP contribution in [0.25, 0.3) is 10.8 Å². The van der Waals surface area contributed by atoms with Gasteiger partial charge in [0, 0.05) is 10.6 Å². The van der Waals surface area contributed by atoms with E-state index in [-0.39, 0.29) is 0 Å². The Balaban J connectivity index is 1.91. The summed E-state index contributed by atoms with van der Waals surface area (Å²) in [4.78, 5) is 12.8. The molecule has 3 aromatic carbocycles. The van der Waals surface area contributed by atoms with Crippen molar-refractivity contribution in [2.45, 2.75) is 5.79 Å². The number of ketones is 1. The molecule has 0 amide bonds. The van der Waals surface area contributed by atoms with Crippen LogP contribution in [0, 0.1) is 0 Å². The van der Waals surface area contributed by atoms with Crippen molar-refractivity contribution < 1.29 is 14.6 Å². The Labute approximate surface area is 131 Å². The number of halogens is 1. The van der Waals surface area contributed by atoms with E-state index in [9.17, 15) is 9.90 Å². The highest BCUT2D eigenvalue weighted by molar-refractivity contribution is 6.30. The first-order chi connectivity index (χ1) is 10.6. The van der Waals surface area contributed by atoms with E-state index in [1.54, 1.807) is 30.3 Å². The molecule has 0 radical (unpaired) electrons. The van der Waals surface area contributed by atoms with Gasteiger partial charge in [0.15, 0.2) is 0 Å². The molecule has 1 N–H and O–H groups in total. The first-order valence-electron chi connectivity index (χ1n) is 6.83. The molecule has 0 aliphatic carbocycles. The maximum atomic E-state index is 12.8. The van der Waals surface area contributed by atoms with Gasteiger partial charge in [0.1, 0.15) is 5.75 Å². The average molecular weight is 311 g/mol. The lowest BCUT2D eigenvalue weighted by Crippen LogP contribution is -2.36. The smallest absolute Gasteiger partial charge is 0.300 e. The van der Waals surface area contributed by atoms with Gasteiger partial charge in [0.05, 0.1) is 5.56 Å². The van der Waals surface area contributed by atoms with Crippen molar-refractivity contribution >= 4 is 28.2 Å². The van der Waals surface area contributed by atoms with Crippen molar-refractivity contribution in [1.82, 2.24) is 0 Å². The number of benzene rings is 3. The van der Waals surface area contributed by atoms with Gasteiger partial charge in [0.25, 0.3) is 5.79 Å². The summed E-state index contributed by atoms with van der Waals surface area (Å²) in [6.45, 7) is 0. The topological polar surface area (TPSA) is 46.5 Å². The molecule has 1 aliphatic rings. The fourth-order valence-corrected chi connectivity index (χ4v) is 2.94. The van der Waals surface area contributed by atoms with E-state index in [2.05, 4.69) is 0 Å². The third-order valence-corrected chi connectivity index (χ3v) is 4.17. The predicted octanol–water partition coefficient (Wildman–Crippen LogP) is 3.91. The Morgan fingerprint density at radius 2 is 1.68 bits per heavy atom. The van der Waals surface area contributed by atoms with Crippen LogP contribution in [0.3, 0.4) is 0 Å². The van der Waals surface area contributed by atoms with Crippen molar-refractivity contribution in [3.8, 4) is 5.75 Å². The number of hydrogen-bond donors (Lipinski definition) is 1. The maximum Gasteiger partial charge on any atom is 0.300 e. The van der Waals surface area contributed by atoms with Gasteiger partial charge < -0.3 is 9.84 Å².